The number of ether oxygens (including phenoxy) is 2. The molecule has 0 spiro atoms. The van der Waals surface area contributed by atoms with Crippen LogP contribution in [-0.2, 0) is 9.53 Å². The predicted octanol–water partition coefficient (Wildman–Crippen LogP) is -5.46. The molecule has 0 aromatic heterocycles. The molecule has 0 radical (unpaired) electrons. The number of rotatable bonds is 4. The third kappa shape index (κ3) is 4.38. The fourth-order valence-electron chi connectivity index (χ4n) is 1.92. The van der Waals surface area contributed by atoms with Crippen LogP contribution >= 0.6 is 0 Å². The van der Waals surface area contributed by atoms with Crippen molar-refractivity contribution < 1.29 is 69.2 Å². The summed E-state index contributed by atoms with van der Waals surface area (Å²) in [4.78, 5) is 20.7. The average Bonchev–Trinajstić information content (AvgIpc) is 2.48. The quantitative estimate of drug-likeness (QED) is 0.276. The van der Waals surface area contributed by atoms with E-state index in [0.29, 0.717) is 0 Å². The van der Waals surface area contributed by atoms with Crippen molar-refractivity contribution in [3.8, 4) is 5.75 Å². The van der Waals surface area contributed by atoms with Gasteiger partial charge in [0.15, 0.2) is 0 Å². The molecule has 10 nitrogen and oxygen atoms in total. The van der Waals surface area contributed by atoms with Crippen LogP contribution in [0.1, 0.15) is 0 Å². The SMILES string of the molecule is O=C([O-])C1O[C@@H](Oc2ccc([N+](=O)[O-])cc2)C(O)[C@H](O)[C@@H]1O.[Na+]. The van der Waals surface area contributed by atoms with E-state index in [9.17, 15) is 35.3 Å². The second-order valence-corrected chi connectivity index (χ2v) is 4.58. The van der Waals surface area contributed by atoms with E-state index < -0.39 is 41.6 Å². The Hall–Kier alpha value is -1.27. The van der Waals surface area contributed by atoms with Crippen LogP contribution in [0.2, 0.25) is 0 Å². The van der Waals surface area contributed by atoms with Gasteiger partial charge in [0.2, 0.25) is 6.29 Å². The summed E-state index contributed by atoms with van der Waals surface area (Å²) in [6.07, 6.45) is -8.90. The van der Waals surface area contributed by atoms with Crippen LogP contribution in [0.5, 0.6) is 5.75 Å². The van der Waals surface area contributed by atoms with Gasteiger partial charge in [-0.1, -0.05) is 0 Å². The number of carboxylic acids is 1. The Morgan fingerprint density at radius 2 is 1.70 bits per heavy atom. The fraction of sp³-hybridized carbons (Fsp3) is 0.417. The second-order valence-electron chi connectivity index (χ2n) is 4.58. The number of aliphatic hydroxyl groups is 3. The van der Waals surface area contributed by atoms with E-state index in [1.54, 1.807) is 0 Å². The number of nitro benzene ring substituents is 1. The number of hydrogen-bond acceptors (Lipinski definition) is 9. The van der Waals surface area contributed by atoms with Crippen LogP contribution in [0.4, 0.5) is 5.69 Å². The van der Waals surface area contributed by atoms with Gasteiger partial charge in [0.1, 0.15) is 30.2 Å². The normalized spacial score (nSPS) is 30.1. The van der Waals surface area contributed by atoms with E-state index in [0.717, 1.165) is 12.1 Å². The van der Waals surface area contributed by atoms with Crippen LogP contribution in [0.25, 0.3) is 0 Å². The van der Waals surface area contributed by atoms with Crippen molar-refractivity contribution in [1.29, 1.82) is 0 Å². The van der Waals surface area contributed by atoms with Gasteiger partial charge in [-0.25, -0.2) is 0 Å². The summed E-state index contributed by atoms with van der Waals surface area (Å²) in [6.45, 7) is 0. The van der Waals surface area contributed by atoms with Gasteiger partial charge < -0.3 is 34.7 Å². The maximum Gasteiger partial charge on any atom is 1.00 e. The summed E-state index contributed by atoms with van der Waals surface area (Å²) in [6, 6.07) is 4.68. The van der Waals surface area contributed by atoms with Crippen LogP contribution in [0, 0.1) is 10.1 Å². The number of carboxylic acid groups (broad SMARTS) is 1. The van der Waals surface area contributed by atoms with Crippen molar-refractivity contribution in [2.24, 2.45) is 0 Å². The van der Waals surface area contributed by atoms with Crippen molar-refractivity contribution in [1.82, 2.24) is 0 Å². The van der Waals surface area contributed by atoms with Gasteiger partial charge in [0, 0.05) is 12.1 Å². The molecule has 11 heteroatoms. The Morgan fingerprint density at radius 3 is 2.17 bits per heavy atom. The maximum atomic E-state index is 10.8. The molecule has 0 saturated carbocycles. The third-order valence-corrected chi connectivity index (χ3v) is 3.10. The first-order chi connectivity index (χ1) is 10.3. The molecule has 0 amide bonds. The largest absolute Gasteiger partial charge is 1.00 e. The van der Waals surface area contributed by atoms with E-state index in [1.807, 2.05) is 0 Å². The van der Waals surface area contributed by atoms with Crippen molar-refractivity contribution >= 4 is 11.7 Å². The minimum atomic E-state index is -1.89. The summed E-state index contributed by atoms with van der Waals surface area (Å²) >= 11 is 0. The summed E-state index contributed by atoms with van der Waals surface area (Å²) < 4.78 is 9.99. The Kier molecular flexibility index (Phi) is 6.89. The van der Waals surface area contributed by atoms with E-state index in [1.165, 1.54) is 12.1 Å². The number of hydrogen-bond donors (Lipinski definition) is 3. The van der Waals surface area contributed by atoms with Crippen molar-refractivity contribution in [2.75, 3.05) is 0 Å². The zero-order valence-corrected chi connectivity index (χ0v) is 13.9. The molecule has 5 atom stereocenters. The van der Waals surface area contributed by atoms with Gasteiger partial charge >= 0.3 is 29.6 Å². The smallest absolute Gasteiger partial charge is 0.547 e. The fourth-order valence-corrected chi connectivity index (χ4v) is 1.92. The molecule has 2 unspecified atom stereocenters. The monoisotopic (exact) mass is 337 g/mol. The van der Waals surface area contributed by atoms with Gasteiger partial charge in [0.05, 0.1) is 10.9 Å². The molecule has 1 fully saturated rings. The number of nitro groups is 1. The molecule has 3 N–H and O–H groups in total. The van der Waals surface area contributed by atoms with Gasteiger partial charge in [-0.05, 0) is 12.1 Å². The minimum Gasteiger partial charge on any atom is -0.547 e. The molecular weight excluding hydrogens is 325 g/mol. The summed E-state index contributed by atoms with van der Waals surface area (Å²) in [5.41, 5.74) is -0.194. The molecule has 1 aliphatic rings. The predicted molar refractivity (Wildman–Crippen MR) is 65.4 cm³/mol. The van der Waals surface area contributed by atoms with Crippen LogP contribution in [-0.4, -0.2) is 56.9 Å². The Morgan fingerprint density at radius 1 is 1.13 bits per heavy atom. The molecular formula is C12H12NNaO9. The second kappa shape index (κ2) is 8.02. The van der Waals surface area contributed by atoms with Gasteiger partial charge in [-0.3, -0.25) is 10.1 Å². The maximum absolute atomic E-state index is 10.8. The van der Waals surface area contributed by atoms with Crippen LogP contribution < -0.4 is 39.4 Å². The van der Waals surface area contributed by atoms with Crippen LogP contribution in [0.3, 0.4) is 0 Å². The number of non-ortho nitro benzene ring substituents is 1. The molecule has 23 heavy (non-hydrogen) atoms. The van der Waals surface area contributed by atoms with Gasteiger partial charge in [-0.2, -0.15) is 0 Å². The first-order valence-electron chi connectivity index (χ1n) is 6.13. The number of nitrogens with zero attached hydrogens (tertiary/aromatic N) is 1. The molecule has 1 aromatic rings. The summed E-state index contributed by atoms with van der Waals surface area (Å²) in [5, 5.41) is 50.1. The molecule has 1 saturated heterocycles. The standard InChI is InChI=1S/C12H13NO9.Na/c14-7-8(15)10(11(17)18)22-12(9(7)16)21-6-3-1-5(2-4-6)13(19)20;/h1-4,7-10,12,14-16H,(H,17,18);/q;+1/p-1/t7-,8+,9?,10?,12-;/m1./s1. The minimum absolute atomic E-state index is 0. The third-order valence-electron chi connectivity index (χ3n) is 3.10. The van der Waals surface area contributed by atoms with E-state index in [2.05, 4.69) is 0 Å². The number of aliphatic hydroxyl groups excluding tert-OH is 3. The summed E-state index contributed by atoms with van der Waals surface area (Å²) in [7, 11) is 0. The molecule has 1 heterocycles. The molecule has 120 valence electrons. The Bertz CT molecular complexity index is 566. The molecule has 0 bridgehead atoms. The summed E-state index contributed by atoms with van der Waals surface area (Å²) in [5.74, 6) is -1.74. The van der Waals surface area contributed by atoms with Crippen molar-refractivity contribution in [3.63, 3.8) is 0 Å². The number of aliphatic carboxylic acids is 1. The number of benzene rings is 1. The first kappa shape index (κ1) is 19.8. The molecule has 2 rings (SSSR count). The number of carbonyl (C=O) groups excluding carboxylic acids is 1. The van der Waals surface area contributed by atoms with E-state index >= 15 is 0 Å². The number of carbonyl (C=O) groups is 1. The first-order valence-corrected chi connectivity index (χ1v) is 6.13. The van der Waals surface area contributed by atoms with E-state index in [4.69, 9.17) is 9.47 Å². The van der Waals surface area contributed by atoms with Crippen molar-refractivity contribution in [2.45, 2.75) is 30.7 Å². The van der Waals surface area contributed by atoms with Crippen LogP contribution in [0.15, 0.2) is 24.3 Å². The van der Waals surface area contributed by atoms with Crippen molar-refractivity contribution in [3.05, 3.63) is 34.4 Å². The Labute approximate surface area is 151 Å². The molecule has 1 aliphatic heterocycles. The van der Waals surface area contributed by atoms with Gasteiger partial charge in [-0.15, -0.1) is 0 Å². The van der Waals surface area contributed by atoms with Gasteiger partial charge in [0.25, 0.3) is 5.69 Å². The Balaban J connectivity index is 0.00000264. The molecule has 0 aliphatic carbocycles. The van der Waals surface area contributed by atoms with E-state index in [-0.39, 0.29) is 41.0 Å². The molecule has 1 aromatic carbocycles. The topological polar surface area (TPSA) is 162 Å². The zero-order valence-electron chi connectivity index (χ0n) is 11.9. The zero-order chi connectivity index (χ0) is 16.4. The average molecular weight is 337 g/mol.